The van der Waals surface area contributed by atoms with Gasteiger partial charge in [0.15, 0.2) is 45.0 Å². The lowest BCUT2D eigenvalue weighted by molar-refractivity contribution is -0.119. The molecule has 28 heteroatoms. The first-order chi connectivity index (χ1) is 33.2. The van der Waals surface area contributed by atoms with Crippen LogP contribution in [0.1, 0.15) is 39.0 Å². The zero-order valence-electron chi connectivity index (χ0n) is 37.8. The fourth-order valence-corrected chi connectivity index (χ4v) is 4.98. The van der Waals surface area contributed by atoms with Crippen LogP contribution in [0.2, 0.25) is 10.3 Å². The van der Waals surface area contributed by atoms with Gasteiger partial charge in [-0.05, 0) is 35.4 Å². The summed E-state index contributed by atoms with van der Waals surface area (Å²) >= 11 is 11.6. The number of aromatic nitrogens is 4. The third kappa shape index (κ3) is 27.1. The maximum Gasteiger partial charge on any atom is 0.274 e. The Morgan fingerprint density at radius 3 is 1.26 bits per heavy atom. The first kappa shape index (κ1) is 59.7. The number of carbonyl (C=O) groups excluding carboxylic acids is 4. The highest BCUT2D eigenvalue weighted by atomic mass is 35.5. The smallest absolute Gasteiger partial charge is 0.274 e. The summed E-state index contributed by atoms with van der Waals surface area (Å²) in [6, 6.07) is 14.5. The van der Waals surface area contributed by atoms with Gasteiger partial charge >= 0.3 is 0 Å². The summed E-state index contributed by atoms with van der Waals surface area (Å²) < 4.78 is 32.6. The fourth-order valence-electron chi connectivity index (χ4n) is 4.73. The Morgan fingerprint density at radius 1 is 0.551 bits per heavy atom. The quantitative estimate of drug-likeness (QED) is 0.0165. The van der Waals surface area contributed by atoms with Crippen LogP contribution in [0, 0.1) is 10.8 Å². The molecule has 0 radical (unpaired) electrons. The van der Waals surface area contributed by atoms with E-state index in [0.29, 0.717) is 97.1 Å². The van der Waals surface area contributed by atoms with Crippen LogP contribution in [0.5, 0.6) is 11.5 Å². The Labute approximate surface area is 408 Å². The predicted molar refractivity (Wildman–Crippen MR) is 260 cm³/mol. The van der Waals surface area contributed by atoms with Crippen LogP contribution in [-0.2, 0) is 41.6 Å². The Morgan fingerprint density at radius 2 is 0.899 bits per heavy atom. The minimum Gasteiger partial charge on any atom is -0.491 e. The zero-order valence-corrected chi connectivity index (χ0v) is 39.4. The molecule has 0 aliphatic heterocycles. The van der Waals surface area contributed by atoms with E-state index in [-0.39, 0.29) is 64.0 Å². The number of amides is 4. The summed E-state index contributed by atoms with van der Waals surface area (Å²) in [5.41, 5.74) is 32.7. The van der Waals surface area contributed by atoms with Crippen molar-refractivity contribution in [1.29, 1.82) is 10.8 Å². The summed E-state index contributed by atoms with van der Waals surface area (Å²) in [4.78, 5) is 60.5. The van der Waals surface area contributed by atoms with Gasteiger partial charge in [-0.2, -0.15) is 0 Å². The van der Waals surface area contributed by atoms with E-state index in [2.05, 4.69) is 52.7 Å². The van der Waals surface area contributed by atoms with Crippen molar-refractivity contribution in [2.24, 2.45) is 11.5 Å². The molecule has 0 atom stereocenters. The molecule has 2 heterocycles. The molecule has 0 aliphatic rings. The number of anilines is 4. The van der Waals surface area contributed by atoms with E-state index in [0.717, 1.165) is 23.8 Å². The van der Waals surface area contributed by atoms with Gasteiger partial charge in [0.25, 0.3) is 11.8 Å². The highest BCUT2D eigenvalue weighted by Crippen LogP contribution is 2.19. The van der Waals surface area contributed by atoms with Gasteiger partial charge < -0.3 is 84.1 Å². The number of benzene rings is 2. The van der Waals surface area contributed by atoms with Crippen molar-refractivity contribution in [1.82, 2.24) is 41.2 Å². The molecule has 4 aromatic rings. The van der Waals surface area contributed by atoms with E-state index in [9.17, 15) is 19.2 Å². The van der Waals surface area contributed by atoms with Crippen molar-refractivity contribution in [3.05, 3.63) is 81.4 Å². The van der Waals surface area contributed by atoms with Gasteiger partial charge in [-0.3, -0.25) is 30.0 Å². The molecule has 2 aromatic carbocycles. The third-order valence-electron chi connectivity index (χ3n) is 7.82. The Kier molecular flexibility index (Phi) is 31.7. The van der Waals surface area contributed by atoms with E-state index in [4.69, 9.17) is 85.4 Å². The predicted octanol–water partition coefficient (Wildman–Crippen LogP) is 0.259. The summed E-state index contributed by atoms with van der Waals surface area (Å²) in [5.74, 6) is 0.0114. The number of ether oxygens (including phenoxy) is 6. The van der Waals surface area contributed by atoms with Crippen LogP contribution in [0.15, 0.2) is 48.5 Å². The van der Waals surface area contributed by atoms with Crippen LogP contribution in [0.3, 0.4) is 0 Å². The number of halogens is 2. The van der Waals surface area contributed by atoms with Crippen molar-refractivity contribution in [2.75, 3.05) is 102 Å². The molecular weight excluding hydrogens is 947 g/mol. The van der Waals surface area contributed by atoms with Crippen LogP contribution >= 0.6 is 23.2 Å². The molecular formula is C41H60Cl2N16O10. The number of carbonyl (C=O) groups is 4. The van der Waals surface area contributed by atoms with Gasteiger partial charge in [0.05, 0.1) is 65.5 Å². The van der Waals surface area contributed by atoms with Crippen molar-refractivity contribution >= 4 is 83.3 Å². The highest BCUT2D eigenvalue weighted by molar-refractivity contribution is 6.32. The average Bonchev–Trinajstić information content (AvgIpc) is 3.32. The summed E-state index contributed by atoms with van der Waals surface area (Å²) in [5, 5.41) is 22.1. The number of hydrogen-bond donors (Lipinski definition) is 12. The fraction of sp³-hybridized carbons (Fsp3) is 0.366. The Bertz CT molecular complexity index is 2140. The molecule has 0 saturated heterocycles. The first-order valence-electron chi connectivity index (χ1n) is 20.5. The molecule has 4 rings (SSSR count). The van der Waals surface area contributed by atoms with E-state index < -0.39 is 11.8 Å². The number of hydrogen-bond acceptors (Lipinski definition) is 20. The molecule has 378 valence electrons. The molecule has 0 bridgehead atoms. The van der Waals surface area contributed by atoms with Crippen LogP contribution in [-0.4, -0.2) is 136 Å². The topological polar surface area (TPSA) is 427 Å². The second-order valence-corrected chi connectivity index (χ2v) is 13.7. The summed E-state index contributed by atoms with van der Waals surface area (Å²) in [6.07, 6.45) is 2.13. The molecule has 4 amide bonds. The lowest BCUT2D eigenvalue weighted by Crippen LogP contribution is -2.25. The number of nitrogen functional groups attached to an aromatic ring is 4. The third-order valence-corrected chi connectivity index (χ3v) is 8.38. The second-order valence-electron chi connectivity index (χ2n) is 13.0. The number of nitrogens with two attached hydrogens (primary N) is 6. The van der Waals surface area contributed by atoms with Crippen molar-refractivity contribution in [3.8, 4) is 11.5 Å². The van der Waals surface area contributed by atoms with E-state index in [1.165, 1.54) is 6.92 Å². The van der Waals surface area contributed by atoms with Gasteiger partial charge in [-0.15, -0.1) is 0 Å². The van der Waals surface area contributed by atoms with Gasteiger partial charge in [-0.25, -0.2) is 19.9 Å². The first-order valence-corrected chi connectivity index (χ1v) is 21.3. The molecule has 69 heavy (non-hydrogen) atoms. The highest BCUT2D eigenvalue weighted by Gasteiger charge is 2.17. The molecule has 26 nitrogen and oxygen atoms in total. The summed E-state index contributed by atoms with van der Waals surface area (Å²) in [7, 11) is 0. The second kappa shape index (κ2) is 36.7. The molecule has 0 spiro atoms. The summed E-state index contributed by atoms with van der Waals surface area (Å²) in [6.45, 7) is 7.20. The van der Waals surface area contributed by atoms with E-state index >= 15 is 0 Å². The molecule has 0 fully saturated rings. The molecule has 0 unspecified atom stereocenters. The van der Waals surface area contributed by atoms with Crippen molar-refractivity contribution < 1.29 is 47.6 Å². The molecule has 0 saturated carbocycles. The molecule has 2 aromatic heterocycles. The monoisotopic (exact) mass is 1010 g/mol. The maximum absolute atomic E-state index is 12.2. The number of nitrogens with one attached hydrogen (secondary N) is 6. The maximum atomic E-state index is 12.2. The SMILES string of the molecule is CC(=O)NCCOCCOCCOc1ccc(CNC(=O)c2nc(Cl)c(N)nc2N)cc1.N=CN.N=CN.Nc1nc(N)c(C(=O)NCc2ccc(OCCOCCOCCNC=O)cc2)nc1Cl. The van der Waals surface area contributed by atoms with Gasteiger partial charge in [0.2, 0.25) is 12.3 Å². The number of nitrogens with zero attached hydrogens (tertiary/aromatic N) is 4. The minimum atomic E-state index is -0.506. The van der Waals surface area contributed by atoms with Gasteiger partial charge in [0, 0.05) is 33.1 Å². The average molecular weight is 1010 g/mol. The van der Waals surface area contributed by atoms with Crippen molar-refractivity contribution in [2.45, 2.75) is 20.0 Å². The van der Waals surface area contributed by atoms with E-state index in [1.807, 2.05) is 24.3 Å². The Balaban J connectivity index is 0.000000619. The standard InChI is InChI=1S/C20H27ClN6O5.C19H25ClN6O5.2CH4N2/c1-13(28)24-6-7-30-8-9-31-10-11-32-15-4-2-14(3-5-15)12-25-20(29)16-18(22)27-19(23)17(21)26-16;20-16-18(22)26-17(21)15(25-16)19(28)24-11-13-1-3-14(4-2-13)31-10-9-30-8-7-29-6-5-23-12-27;2*2-1-3/h2-5H,6-12H2,1H3,(H,24,28)(H,25,29)(H4,22,23,27);1-4,12H,5-11H2,(H,23,27)(H,24,28)(H4,21,22,26);2*1H,(H3,2,3). The largest absolute Gasteiger partial charge is 0.491 e. The van der Waals surface area contributed by atoms with Crippen LogP contribution < -0.4 is 65.1 Å². The number of rotatable bonds is 27. The van der Waals surface area contributed by atoms with Crippen molar-refractivity contribution in [3.63, 3.8) is 0 Å². The normalized spacial score (nSPS) is 9.96. The van der Waals surface area contributed by atoms with E-state index in [1.54, 1.807) is 24.3 Å². The lowest BCUT2D eigenvalue weighted by atomic mass is 10.2. The van der Waals surface area contributed by atoms with Crippen LogP contribution in [0.25, 0.3) is 0 Å². The van der Waals surface area contributed by atoms with Gasteiger partial charge in [0.1, 0.15) is 24.7 Å². The lowest BCUT2D eigenvalue weighted by Gasteiger charge is -2.10. The van der Waals surface area contributed by atoms with Gasteiger partial charge in [-0.1, -0.05) is 47.5 Å². The van der Waals surface area contributed by atoms with Crippen LogP contribution in [0.4, 0.5) is 23.3 Å². The zero-order chi connectivity index (χ0) is 51.2. The molecule has 0 aliphatic carbocycles. The minimum absolute atomic E-state index is 0.0336. The molecule has 18 N–H and O–H groups in total. The Hall–Kier alpha value is -7.36.